The summed E-state index contributed by atoms with van der Waals surface area (Å²) in [5, 5.41) is 2.81. The number of unbranched alkanes of at least 4 members (excludes halogenated alkanes) is 1. The van der Waals surface area contributed by atoms with Crippen LogP contribution in [0.1, 0.15) is 45.6 Å². The summed E-state index contributed by atoms with van der Waals surface area (Å²) >= 11 is 0. The Balaban J connectivity index is 1.49. The molecule has 4 heteroatoms. The standard InChI is InChI=1S/C18H28N2O2/c1-18(2,3)22-17(21)19-12-8-7-11-16-14-20(16)13-15-9-5-4-6-10-15/h4-6,9-10,16H,7-8,11-14H2,1-3H3,(H,19,21)/t16?,20-/m1/s1. The van der Waals surface area contributed by atoms with Crippen LogP contribution in [0.5, 0.6) is 0 Å². The number of rotatable bonds is 7. The number of alkyl carbamates (subject to hydrolysis) is 1. The number of nitrogens with zero attached hydrogens (tertiary/aromatic N) is 1. The van der Waals surface area contributed by atoms with Crippen molar-refractivity contribution in [3.05, 3.63) is 35.9 Å². The SMILES string of the molecule is CC(C)(C)OC(=O)NCCCCC1C[N@@]1Cc1ccccc1. The molecule has 2 rings (SSSR count). The fourth-order valence-electron chi connectivity index (χ4n) is 2.52. The van der Waals surface area contributed by atoms with E-state index in [1.807, 2.05) is 20.8 Å². The van der Waals surface area contributed by atoms with E-state index in [9.17, 15) is 4.79 Å². The molecule has 1 aliphatic heterocycles. The van der Waals surface area contributed by atoms with E-state index >= 15 is 0 Å². The van der Waals surface area contributed by atoms with E-state index in [2.05, 4.69) is 40.5 Å². The third-order valence-electron chi connectivity index (χ3n) is 3.69. The first-order valence-electron chi connectivity index (χ1n) is 8.19. The van der Waals surface area contributed by atoms with Crippen LogP contribution in [-0.2, 0) is 11.3 Å². The predicted octanol–water partition coefficient (Wildman–Crippen LogP) is 3.57. The van der Waals surface area contributed by atoms with E-state index in [0.717, 1.165) is 25.4 Å². The molecule has 22 heavy (non-hydrogen) atoms. The lowest BCUT2D eigenvalue weighted by atomic mass is 10.2. The van der Waals surface area contributed by atoms with Gasteiger partial charge in [0.1, 0.15) is 5.60 Å². The Morgan fingerprint density at radius 1 is 1.27 bits per heavy atom. The molecule has 1 saturated heterocycles. The largest absolute Gasteiger partial charge is 0.444 e. The highest BCUT2D eigenvalue weighted by atomic mass is 16.6. The molecular formula is C18H28N2O2. The van der Waals surface area contributed by atoms with Crippen molar-refractivity contribution in [2.24, 2.45) is 0 Å². The highest BCUT2D eigenvalue weighted by Gasteiger charge is 2.32. The predicted molar refractivity (Wildman–Crippen MR) is 88.7 cm³/mol. The first kappa shape index (κ1) is 16.8. The Morgan fingerprint density at radius 3 is 2.68 bits per heavy atom. The van der Waals surface area contributed by atoms with Gasteiger partial charge in [-0.15, -0.1) is 0 Å². The molecule has 0 aliphatic carbocycles. The number of hydrogen-bond donors (Lipinski definition) is 1. The Labute approximate surface area is 133 Å². The zero-order valence-corrected chi connectivity index (χ0v) is 14.0. The second kappa shape index (κ2) is 7.63. The molecule has 0 aromatic heterocycles. The van der Waals surface area contributed by atoms with Gasteiger partial charge in [0.2, 0.25) is 0 Å². The van der Waals surface area contributed by atoms with E-state index in [0.29, 0.717) is 6.54 Å². The van der Waals surface area contributed by atoms with E-state index in [1.54, 1.807) is 0 Å². The average Bonchev–Trinajstić information content (AvgIpc) is 3.15. The topological polar surface area (TPSA) is 41.3 Å². The lowest BCUT2D eigenvalue weighted by Crippen LogP contribution is -2.33. The lowest BCUT2D eigenvalue weighted by Gasteiger charge is -2.19. The monoisotopic (exact) mass is 304 g/mol. The maximum atomic E-state index is 11.5. The van der Waals surface area contributed by atoms with Crippen LogP contribution in [0.25, 0.3) is 0 Å². The van der Waals surface area contributed by atoms with Gasteiger partial charge in [0.15, 0.2) is 0 Å². The molecule has 2 atom stereocenters. The number of amides is 1. The number of nitrogens with one attached hydrogen (secondary N) is 1. The Bertz CT molecular complexity index is 468. The zero-order valence-electron chi connectivity index (χ0n) is 14.0. The number of benzene rings is 1. The summed E-state index contributed by atoms with van der Waals surface area (Å²) in [5.74, 6) is 0. The summed E-state index contributed by atoms with van der Waals surface area (Å²) in [6.07, 6.45) is 3.05. The third kappa shape index (κ3) is 6.48. The molecule has 0 bridgehead atoms. The molecule has 0 spiro atoms. The van der Waals surface area contributed by atoms with Gasteiger partial charge in [0.25, 0.3) is 0 Å². The van der Waals surface area contributed by atoms with Gasteiger partial charge in [-0.3, -0.25) is 4.90 Å². The Kier molecular flexibility index (Phi) is 5.83. The van der Waals surface area contributed by atoms with Crippen molar-refractivity contribution >= 4 is 6.09 Å². The maximum Gasteiger partial charge on any atom is 0.407 e. The first-order chi connectivity index (χ1) is 10.4. The van der Waals surface area contributed by atoms with Crippen molar-refractivity contribution in [1.29, 1.82) is 0 Å². The molecule has 4 nitrogen and oxygen atoms in total. The minimum absolute atomic E-state index is 0.315. The van der Waals surface area contributed by atoms with Gasteiger partial charge in [-0.25, -0.2) is 4.79 Å². The van der Waals surface area contributed by atoms with E-state index in [1.165, 1.54) is 18.5 Å². The lowest BCUT2D eigenvalue weighted by molar-refractivity contribution is 0.0527. The molecule has 0 saturated carbocycles. The fraction of sp³-hybridized carbons (Fsp3) is 0.611. The van der Waals surface area contributed by atoms with Gasteiger partial charge >= 0.3 is 6.09 Å². The summed E-state index contributed by atoms with van der Waals surface area (Å²) in [7, 11) is 0. The van der Waals surface area contributed by atoms with Gasteiger partial charge in [0.05, 0.1) is 0 Å². The summed E-state index contributed by atoms with van der Waals surface area (Å²) in [4.78, 5) is 14.0. The van der Waals surface area contributed by atoms with Crippen LogP contribution in [0.3, 0.4) is 0 Å². The Morgan fingerprint density at radius 2 is 2.00 bits per heavy atom. The zero-order chi connectivity index (χ0) is 16.0. The van der Waals surface area contributed by atoms with E-state index in [-0.39, 0.29) is 6.09 Å². The van der Waals surface area contributed by atoms with E-state index in [4.69, 9.17) is 4.74 Å². The van der Waals surface area contributed by atoms with Gasteiger partial charge in [0, 0.05) is 25.7 Å². The minimum Gasteiger partial charge on any atom is -0.444 e. The Hall–Kier alpha value is -1.55. The first-order valence-corrected chi connectivity index (χ1v) is 8.19. The molecule has 1 aliphatic rings. The summed E-state index contributed by atoms with van der Waals surface area (Å²) < 4.78 is 5.20. The smallest absolute Gasteiger partial charge is 0.407 e. The molecule has 1 aromatic rings. The van der Waals surface area contributed by atoms with Crippen molar-refractivity contribution in [2.45, 2.75) is 58.2 Å². The molecular weight excluding hydrogens is 276 g/mol. The molecule has 0 radical (unpaired) electrons. The van der Waals surface area contributed by atoms with Gasteiger partial charge in [-0.2, -0.15) is 0 Å². The quantitative estimate of drug-likeness (QED) is 0.618. The second-order valence-corrected chi connectivity index (χ2v) is 6.99. The highest BCUT2D eigenvalue weighted by Crippen LogP contribution is 2.25. The molecule has 122 valence electrons. The number of ether oxygens (including phenoxy) is 1. The summed E-state index contributed by atoms with van der Waals surface area (Å²) in [6.45, 7) is 8.58. The van der Waals surface area contributed by atoms with Crippen molar-refractivity contribution in [2.75, 3.05) is 13.1 Å². The molecule has 1 heterocycles. The van der Waals surface area contributed by atoms with Crippen LogP contribution in [0, 0.1) is 0 Å². The molecule has 1 aromatic carbocycles. The van der Waals surface area contributed by atoms with Crippen molar-refractivity contribution in [1.82, 2.24) is 10.2 Å². The highest BCUT2D eigenvalue weighted by molar-refractivity contribution is 5.67. The third-order valence-corrected chi connectivity index (χ3v) is 3.69. The second-order valence-electron chi connectivity index (χ2n) is 6.99. The minimum atomic E-state index is -0.421. The normalized spacial score (nSPS) is 20.5. The van der Waals surface area contributed by atoms with Crippen molar-refractivity contribution in [3.8, 4) is 0 Å². The molecule has 1 fully saturated rings. The van der Waals surface area contributed by atoms with Crippen LogP contribution in [-0.4, -0.2) is 35.7 Å². The molecule has 1 N–H and O–H groups in total. The summed E-state index contributed by atoms with van der Waals surface area (Å²) in [6, 6.07) is 11.3. The van der Waals surface area contributed by atoms with Gasteiger partial charge < -0.3 is 10.1 Å². The van der Waals surface area contributed by atoms with Crippen molar-refractivity contribution < 1.29 is 9.53 Å². The van der Waals surface area contributed by atoms with Crippen LogP contribution in [0.4, 0.5) is 4.79 Å². The summed E-state index contributed by atoms with van der Waals surface area (Å²) in [5.41, 5.74) is 0.965. The maximum absolute atomic E-state index is 11.5. The van der Waals surface area contributed by atoms with Crippen LogP contribution < -0.4 is 5.32 Å². The van der Waals surface area contributed by atoms with Gasteiger partial charge in [-0.1, -0.05) is 36.8 Å². The average molecular weight is 304 g/mol. The van der Waals surface area contributed by atoms with E-state index < -0.39 is 5.60 Å². The van der Waals surface area contributed by atoms with Crippen molar-refractivity contribution in [3.63, 3.8) is 0 Å². The van der Waals surface area contributed by atoms with Gasteiger partial charge in [-0.05, 0) is 39.2 Å². The molecule has 1 unspecified atom stereocenters. The van der Waals surface area contributed by atoms with Crippen LogP contribution in [0.2, 0.25) is 0 Å². The number of carbonyl (C=O) groups excluding carboxylic acids is 1. The van der Waals surface area contributed by atoms with Crippen LogP contribution >= 0.6 is 0 Å². The number of carbonyl (C=O) groups is 1. The fourth-order valence-corrected chi connectivity index (χ4v) is 2.52. The van der Waals surface area contributed by atoms with Crippen LogP contribution in [0.15, 0.2) is 30.3 Å². The number of hydrogen-bond acceptors (Lipinski definition) is 3. The molecule has 1 amide bonds.